The first-order valence-electron chi connectivity index (χ1n) is 4.13. The highest BCUT2D eigenvalue weighted by molar-refractivity contribution is 6.17. The fourth-order valence-electron chi connectivity index (χ4n) is 0.624. The lowest BCUT2D eigenvalue weighted by atomic mass is 10.6. The molecule has 3 nitrogen and oxygen atoms in total. The molecule has 74 valence electrons. The molecule has 0 saturated carbocycles. The van der Waals surface area contributed by atoms with Gasteiger partial charge in [0.25, 0.3) is 0 Å². The lowest BCUT2D eigenvalue weighted by Gasteiger charge is -2.09. The predicted molar refractivity (Wildman–Crippen MR) is 50.9 cm³/mol. The average molecular weight is 196 g/mol. The fourth-order valence-corrected chi connectivity index (χ4v) is 0.733. The topological polar surface area (TPSA) is 21.7 Å². The highest BCUT2D eigenvalue weighted by Gasteiger charge is 1.90. The Balaban J connectivity index is 2.82. The highest BCUT2D eigenvalue weighted by Crippen LogP contribution is 1.82. The first-order chi connectivity index (χ1) is 5.77. The Bertz CT molecular complexity index is 91.1. The number of halogens is 1. The maximum Gasteiger partial charge on any atom is 0.0701 e. The Kier molecular flexibility index (Phi) is 9.39. The molecule has 0 bridgehead atoms. The summed E-state index contributed by atoms with van der Waals surface area (Å²) < 4.78 is 10.4. The van der Waals surface area contributed by atoms with Gasteiger partial charge in [-0.3, -0.25) is 0 Å². The third kappa shape index (κ3) is 10.2. The number of alkyl halides is 1. The normalized spacial score (nSPS) is 11.0. The van der Waals surface area contributed by atoms with Crippen LogP contribution in [0.3, 0.4) is 0 Å². The predicted octanol–water partition coefficient (Wildman–Crippen LogP) is 0.820. The van der Waals surface area contributed by atoms with Crippen LogP contribution in [-0.2, 0) is 9.47 Å². The zero-order valence-corrected chi connectivity index (χ0v) is 8.64. The molecule has 0 unspecified atom stereocenters. The summed E-state index contributed by atoms with van der Waals surface area (Å²) in [4.78, 5) is 2.08. The van der Waals surface area contributed by atoms with E-state index in [1.165, 1.54) is 0 Å². The van der Waals surface area contributed by atoms with Crippen molar-refractivity contribution in [2.24, 2.45) is 0 Å². The van der Waals surface area contributed by atoms with Crippen molar-refractivity contribution in [1.29, 1.82) is 0 Å². The number of nitrogens with zero attached hydrogens (tertiary/aromatic N) is 1. The Morgan fingerprint density at radius 2 is 1.58 bits per heavy atom. The van der Waals surface area contributed by atoms with Crippen molar-refractivity contribution in [3.8, 4) is 0 Å². The lowest BCUT2D eigenvalue weighted by molar-refractivity contribution is 0.0480. The van der Waals surface area contributed by atoms with Gasteiger partial charge in [-0.05, 0) is 14.1 Å². The molecule has 0 aliphatic rings. The van der Waals surface area contributed by atoms with Crippen molar-refractivity contribution in [1.82, 2.24) is 4.90 Å². The zero-order chi connectivity index (χ0) is 9.23. The molecule has 0 aliphatic carbocycles. The molecule has 0 aromatic rings. The van der Waals surface area contributed by atoms with Gasteiger partial charge in [-0.15, -0.1) is 11.6 Å². The van der Waals surface area contributed by atoms with Gasteiger partial charge >= 0.3 is 0 Å². The average Bonchev–Trinajstić information content (AvgIpc) is 2.02. The van der Waals surface area contributed by atoms with E-state index in [-0.39, 0.29) is 0 Å². The number of rotatable bonds is 8. The van der Waals surface area contributed by atoms with E-state index in [2.05, 4.69) is 4.90 Å². The molecule has 0 fully saturated rings. The minimum atomic E-state index is 0.553. The van der Waals surface area contributed by atoms with E-state index in [4.69, 9.17) is 21.1 Å². The van der Waals surface area contributed by atoms with Crippen molar-refractivity contribution in [2.45, 2.75) is 0 Å². The van der Waals surface area contributed by atoms with Crippen LogP contribution in [0.1, 0.15) is 0 Å². The molecule has 0 amide bonds. The van der Waals surface area contributed by atoms with E-state index in [0.29, 0.717) is 25.7 Å². The first kappa shape index (κ1) is 12.2. The van der Waals surface area contributed by atoms with Crippen LogP contribution in [0.2, 0.25) is 0 Å². The van der Waals surface area contributed by atoms with E-state index in [1.807, 2.05) is 14.1 Å². The van der Waals surface area contributed by atoms with Crippen LogP contribution in [0.5, 0.6) is 0 Å². The smallest absolute Gasteiger partial charge is 0.0701 e. The Labute approximate surface area is 79.6 Å². The first-order valence-corrected chi connectivity index (χ1v) is 4.67. The summed E-state index contributed by atoms with van der Waals surface area (Å²) >= 11 is 5.41. The third-order valence-corrected chi connectivity index (χ3v) is 1.43. The fraction of sp³-hybridized carbons (Fsp3) is 1.00. The second kappa shape index (κ2) is 9.26. The maximum absolute atomic E-state index is 5.41. The van der Waals surface area contributed by atoms with Gasteiger partial charge in [-0.25, -0.2) is 0 Å². The van der Waals surface area contributed by atoms with E-state index >= 15 is 0 Å². The summed E-state index contributed by atoms with van der Waals surface area (Å²) in [5.74, 6) is 0.553. The van der Waals surface area contributed by atoms with Gasteiger partial charge in [-0.2, -0.15) is 0 Å². The van der Waals surface area contributed by atoms with Gasteiger partial charge in [0.1, 0.15) is 0 Å². The Morgan fingerprint density at radius 3 is 2.08 bits per heavy atom. The van der Waals surface area contributed by atoms with Crippen LogP contribution in [0.25, 0.3) is 0 Å². The van der Waals surface area contributed by atoms with Gasteiger partial charge in [0.15, 0.2) is 0 Å². The number of likely N-dealkylation sites (N-methyl/N-ethyl adjacent to an activating group) is 1. The molecule has 4 heteroatoms. The number of hydrogen-bond acceptors (Lipinski definition) is 3. The Hall–Kier alpha value is 0.170. The van der Waals surface area contributed by atoms with Crippen LogP contribution in [0, 0.1) is 0 Å². The monoisotopic (exact) mass is 195 g/mol. The van der Waals surface area contributed by atoms with E-state index in [0.717, 1.165) is 13.2 Å². The SMILES string of the molecule is CN(C)CCOCCOCCCl. The van der Waals surface area contributed by atoms with Gasteiger partial charge in [0.05, 0.1) is 26.4 Å². The molecule has 0 saturated heterocycles. The molecule has 12 heavy (non-hydrogen) atoms. The van der Waals surface area contributed by atoms with Crippen LogP contribution in [-0.4, -0.2) is 57.8 Å². The summed E-state index contributed by atoms with van der Waals surface area (Å²) in [5.41, 5.74) is 0. The van der Waals surface area contributed by atoms with Crippen molar-refractivity contribution in [2.75, 3.05) is 52.9 Å². The molecule has 0 atom stereocenters. The summed E-state index contributed by atoms with van der Waals surface area (Å²) in [7, 11) is 4.04. The molecule has 0 aromatic carbocycles. The van der Waals surface area contributed by atoms with Crippen molar-refractivity contribution in [3.05, 3.63) is 0 Å². The lowest BCUT2D eigenvalue weighted by Crippen LogP contribution is -2.19. The Morgan fingerprint density at radius 1 is 1.00 bits per heavy atom. The van der Waals surface area contributed by atoms with E-state index in [1.54, 1.807) is 0 Å². The quantitative estimate of drug-likeness (QED) is 0.423. The standard InChI is InChI=1S/C8H18ClNO2/c1-10(2)4-6-12-8-7-11-5-3-9/h3-8H2,1-2H3. The summed E-state index contributed by atoms with van der Waals surface area (Å²) in [5, 5.41) is 0. The van der Waals surface area contributed by atoms with E-state index < -0.39 is 0 Å². The van der Waals surface area contributed by atoms with Crippen LogP contribution >= 0.6 is 11.6 Å². The van der Waals surface area contributed by atoms with Gasteiger partial charge in [0.2, 0.25) is 0 Å². The van der Waals surface area contributed by atoms with Gasteiger partial charge in [-0.1, -0.05) is 0 Å². The van der Waals surface area contributed by atoms with Gasteiger partial charge in [0, 0.05) is 12.4 Å². The van der Waals surface area contributed by atoms with Gasteiger partial charge < -0.3 is 14.4 Å². The van der Waals surface area contributed by atoms with Crippen LogP contribution < -0.4 is 0 Å². The molecule has 0 aliphatic heterocycles. The van der Waals surface area contributed by atoms with Crippen molar-refractivity contribution >= 4 is 11.6 Å². The summed E-state index contributed by atoms with van der Waals surface area (Å²) in [6, 6.07) is 0. The second-order valence-electron chi connectivity index (χ2n) is 2.72. The maximum atomic E-state index is 5.41. The molecule has 0 radical (unpaired) electrons. The number of ether oxygens (including phenoxy) is 2. The molecular weight excluding hydrogens is 178 g/mol. The second-order valence-corrected chi connectivity index (χ2v) is 3.09. The van der Waals surface area contributed by atoms with Crippen molar-refractivity contribution in [3.63, 3.8) is 0 Å². The molecule has 0 spiro atoms. The van der Waals surface area contributed by atoms with E-state index in [9.17, 15) is 0 Å². The largest absolute Gasteiger partial charge is 0.378 e. The summed E-state index contributed by atoms with van der Waals surface area (Å²) in [6.45, 7) is 3.62. The van der Waals surface area contributed by atoms with Crippen LogP contribution in [0.15, 0.2) is 0 Å². The zero-order valence-electron chi connectivity index (χ0n) is 7.88. The molecule has 0 rings (SSSR count). The minimum absolute atomic E-state index is 0.553. The summed E-state index contributed by atoms with van der Waals surface area (Å²) in [6.07, 6.45) is 0. The molecule has 0 aromatic heterocycles. The van der Waals surface area contributed by atoms with Crippen molar-refractivity contribution < 1.29 is 9.47 Å². The highest BCUT2D eigenvalue weighted by atomic mass is 35.5. The molecule has 0 heterocycles. The van der Waals surface area contributed by atoms with Crippen LogP contribution in [0.4, 0.5) is 0 Å². The minimum Gasteiger partial charge on any atom is -0.378 e. The number of hydrogen-bond donors (Lipinski definition) is 0. The molecular formula is C8H18ClNO2. The molecule has 0 N–H and O–H groups in total. The third-order valence-electron chi connectivity index (χ3n) is 1.28.